The van der Waals surface area contributed by atoms with Gasteiger partial charge >= 0.3 is 13.6 Å². The Kier molecular flexibility index (Phi) is 10.3. The first-order chi connectivity index (χ1) is 12.0. The first kappa shape index (κ1) is 24.8. The minimum Gasteiger partial charge on any atom is -0.464 e. The second-order valence-electron chi connectivity index (χ2n) is 6.52. The second-order valence-corrected chi connectivity index (χ2v) is 8.35. The third-order valence-corrected chi connectivity index (χ3v) is 6.66. The van der Waals surface area contributed by atoms with Crippen molar-refractivity contribution in [2.24, 2.45) is 11.8 Å². The van der Waals surface area contributed by atoms with Crippen molar-refractivity contribution in [2.75, 3.05) is 19.8 Å². The van der Waals surface area contributed by atoms with Crippen molar-refractivity contribution >= 4 is 20.0 Å². The van der Waals surface area contributed by atoms with Gasteiger partial charge in [-0.25, -0.2) is 4.79 Å². The zero-order valence-electron chi connectivity index (χ0n) is 16.4. The smallest absolute Gasteiger partial charge is 0.336 e. The first-order valence-corrected chi connectivity index (χ1v) is 10.3. The van der Waals surface area contributed by atoms with Crippen LogP contribution in [0, 0.1) is 11.8 Å². The molecule has 0 aromatic carbocycles. The van der Waals surface area contributed by atoms with Crippen LogP contribution in [0.2, 0.25) is 0 Å². The quantitative estimate of drug-likeness (QED) is 0.200. The highest BCUT2D eigenvalue weighted by molar-refractivity contribution is 7.54. The Morgan fingerprint density at radius 1 is 1.15 bits per heavy atom. The molecule has 0 aliphatic heterocycles. The van der Waals surface area contributed by atoms with E-state index >= 15 is 0 Å². The van der Waals surface area contributed by atoms with Gasteiger partial charge in [0.2, 0.25) is 6.41 Å². The van der Waals surface area contributed by atoms with Crippen LogP contribution in [-0.2, 0) is 23.6 Å². The van der Waals surface area contributed by atoms with E-state index in [-0.39, 0.29) is 18.8 Å². The summed E-state index contributed by atoms with van der Waals surface area (Å²) in [5.41, 5.74) is 0.269. The third-order valence-electron chi connectivity index (χ3n) is 4.37. The molecule has 9 heteroatoms. The van der Waals surface area contributed by atoms with Crippen molar-refractivity contribution in [3.05, 3.63) is 11.6 Å². The standard InChI is InChI=1S/C17H32NO7P/c1-7-24-10-14(9-15(18-11-19)16(20)25-8-2)17(12(3)4,13(5)6)26(21,22)23/h9,11-13,15H,7-8,10H2,1-6H3,(H,18,19)(H2,21,22,23). The summed E-state index contributed by atoms with van der Waals surface area (Å²) in [6.45, 7) is 10.6. The van der Waals surface area contributed by atoms with Crippen molar-refractivity contribution in [1.82, 2.24) is 5.32 Å². The van der Waals surface area contributed by atoms with E-state index < -0.39 is 36.6 Å². The minimum absolute atomic E-state index is 0.0750. The fourth-order valence-electron chi connectivity index (χ4n) is 3.47. The number of ether oxygens (including phenoxy) is 2. The van der Waals surface area contributed by atoms with Gasteiger partial charge < -0.3 is 24.6 Å². The number of hydrogen-bond donors (Lipinski definition) is 3. The summed E-state index contributed by atoms with van der Waals surface area (Å²) in [6.07, 6.45) is 1.70. The highest BCUT2D eigenvalue weighted by Gasteiger charge is 2.54. The van der Waals surface area contributed by atoms with Crippen molar-refractivity contribution < 1.29 is 33.4 Å². The molecule has 0 aliphatic rings. The van der Waals surface area contributed by atoms with Gasteiger partial charge in [0.15, 0.2) is 0 Å². The van der Waals surface area contributed by atoms with Crippen molar-refractivity contribution in [3.63, 3.8) is 0 Å². The number of carbonyl (C=O) groups is 2. The van der Waals surface area contributed by atoms with Crippen molar-refractivity contribution in [3.8, 4) is 0 Å². The molecule has 0 radical (unpaired) electrons. The zero-order chi connectivity index (χ0) is 20.5. The Morgan fingerprint density at radius 3 is 2.04 bits per heavy atom. The van der Waals surface area contributed by atoms with Crippen LogP contribution >= 0.6 is 7.60 Å². The maximum absolute atomic E-state index is 12.6. The SMILES string of the molecule is CCOCC(=CC(NC=O)C(=O)OCC)C(C(C)C)(C(C)C)P(=O)(O)O. The van der Waals surface area contributed by atoms with Crippen LogP contribution in [0.15, 0.2) is 11.6 Å². The number of nitrogens with one attached hydrogen (secondary N) is 1. The average molecular weight is 393 g/mol. The van der Waals surface area contributed by atoms with E-state index in [1.165, 1.54) is 6.08 Å². The van der Waals surface area contributed by atoms with Crippen LogP contribution in [0.4, 0.5) is 0 Å². The van der Waals surface area contributed by atoms with Gasteiger partial charge in [-0.05, 0) is 37.3 Å². The molecule has 0 heterocycles. The van der Waals surface area contributed by atoms with Crippen LogP contribution in [-0.4, -0.2) is 53.2 Å². The Balaban J connectivity index is 6.50. The van der Waals surface area contributed by atoms with E-state index in [0.717, 1.165) is 0 Å². The molecule has 0 aromatic heterocycles. The number of rotatable bonds is 12. The van der Waals surface area contributed by atoms with E-state index in [2.05, 4.69) is 5.32 Å². The Bertz CT molecular complexity index is 531. The maximum Gasteiger partial charge on any atom is 0.336 e. The summed E-state index contributed by atoms with van der Waals surface area (Å²) in [5.74, 6) is -1.61. The van der Waals surface area contributed by atoms with Crippen LogP contribution in [0.5, 0.6) is 0 Å². The molecule has 0 aromatic rings. The molecule has 152 valence electrons. The summed E-state index contributed by atoms with van der Waals surface area (Å²) in [6, 6.07) is -1.16. The minimum atomic E-state index is -4.65. The molecule has 0 bridgehead atoms. The summed E-state index contributed by atoms with van der Waals surface area (Å²) < 4.78 is 22.9. The third kappa shape index (κ3) is 5.64. The van der Waals surface area contributed by atoms with E-state index in [9.17, 15) is 23.9 Å². The Hall–Kier alpha value is -1.21. The molecule has 0 aliphatic carbocycles. The molecule has 3 N–H and O–H groups in total. The first-order valence-electron chi connectivity index (χ1n) is 8.71. The predicted molar refractivity (Wildman–Crippen MR) is 98.6 cm³/mol. The van der Waals surface area contributed by atoms with E-state index in [1.54, 1.807) is 41.5 Å². The fourth-order valence-corrected chi connectivity index (χ4v) is 5.33. The lowest BCUT2D eigenvalue weighted by Gasteiger charge is -2.43. The highest BCUT2D eigenvalue weighted by Crippen LogP contribution is 2.62. The van der Waals surface area contributed by atoms with Crippen LogP contribution < -0.4 is 5.32 Å². The zero-order valence-corrected chi connectivity index (χ0v) is 17.3. The van der Waals surface area contributed by atoms with E-state index in [4.69, 9.17) is 9.47 Å². The lowest BCUT2D eigenvalue weighted by Crippen LogP contribution is -2.46. The van der Waals surface area contributed by atoms with E-state index in [0.29, 0.717) is 13.0 Å². The summed E-state index contributed by atoms with van der Waals surface area (Å²) >= 11 is 0. The largest absolute Gasteiger partial charge is 0.464 e. The molecule has 1 atom stereocenters. The monoisotopic (exact) mass is 393 g/mol. The molecular weight excluding hydrogens is 361 g/mol. The van der Waals surface area contributed by atoms with Gasteiger partial charge in [0.05, 0.1) is 18.4 Å². The summed E-state index contributed by atoms with van der Waals surface area (Å²) in [5, 5.41) is 0.791. The molecule has 0 spiro atoms. The number of esters is 1. The van der Waals surface area contributed by atoms with Crippen molar-refractivity contribution in [1.29, 1.82) is 0 Å². The molecule has 26 heavy (non-hydrogen) atoms. The van der Waals surface area contributed by atoms with Gasteiger partial charge in [-0.2, -0.15) is 0 Å². The Morgan fingerprint density at radius 2 is 1.69 bits per heavy atom. The second kappa shape index (κ2) is 10.8. The molecule has 0 rings (SSSR count). The van der Waals surface area contributed by atoms with Gasteiger partial charge in [0, 0.05) is 6.61 Å². The predicted octanol–water partition coefficient (Wildman–Crippen LogP) is 1.86. The van der Waals surface area contributed by atoms with Gasteiger partial charge in [-0.3, -0.25) is 9.36 Å². The van der Waals surface area contributed by atoms with Crippen LogP contribution in [0.3, 0.4) is 0 Å². The molecule has 0 saturated heterocycles. The summed E-state index contributed by atoms with van der Waals surface area (Å²) in [7, 11) is -4.65. The average Bonchev–Trinajstić information content (AvgIpc) is 2.50. The number of amides is 1. The molecular formula is C17H32NO7P. The lowest BCUT2D eigenvalue weighted by molar-refractivity contribution is -0.145. The molecule has 1 amide bonds. The lowest BCUT2D eigenvalue weighted by atomic mass is 9.78. The number of hydrogen-bond acceptors (Lipinski definition) is 5. The van der Waals surface area contributed by atoms with E-state index in [1.807, 2.05) is 0 Å². The highest BCUT2D eigenvalue weighted by atomic mass is 31.2. The normalized spacial score (nSPS) is 14.5. The van der Waals surface area contributed by atoms with Gasteiger partial charge in [0.25, 0.3) is 0 Å². The van der Waals surface area contributed by atoms with Gasteiger partial charge in [0.1, 0.15) is 6.04 Å². The van der Waals surface area contributed by atoms with Gasteiger partial charge in [-0.15, -0.1) is 0 Å². The van der Waals surface area contributed by atoms with Gasteiger partial charge in [-0.1, -0.05) is 27.7 Å². The summed E-state index contributed by atoms with van der Waals surface area (Å²) in [4.78, 5) is 43.5. The van der Waals surface area contributed by atoms with Crippen molar-refractivity contribution in [2.45, 2.75) is 52.7 Å². The maximum atomic E-state index is 12.6. The Labute approximate surface area is 155 Å². The van der Waals surface area contributed by atoms with Crippen LogP contribution in [0.1, 0.15) is 41.5 Å². The molecule has 8 nitrogen and oxygen atoms in total. The van der Waals surface area contributed by atoms with Crippen LogP contribution in [0.25, 0.3) is 0 Å². The molecule has 1 unspecified atom stereocenters. The topological polar surface area (TPSA) is 122 Å². The number of carbonyl (C=O) groups excluding carboxylic acids is 2. The molecule has 0 fully saturated rings. The molecule has 0 saturated carbocycles. The fraction of sp³-hybridized carbons (Fsp3) is 0.765.